The molecule has 1 atom stereocenters. The molecule has 1 aliphatic rings. The lowest BCUT2D eigenvalue weighted by Gasteiger charge is -2.31. The quantitative estimate of drug-likeness (QED) is 0.731. The molecule has 1 saturated heterocycles. The van der Waals surface area contributed by atoms with Gasteiger partial charge in [-0.05, 0) is 47.3 Å². The highest BCUT2D eigenvalue weighted by Crippen LogP contribution is 2.24. The van der Waals surface area contributed by atoms with Gasteiger partial charge in [0, 0.05) is 28.6 Å². The molecule has 1 fully saturated rings. The number of halogens is 2. The van der Waals surface area contributed by atoms with Crippen molar-refractivity contribution in [2.24, 2.45) is 0 Å². The van der Waals surface area contributed by atoms with E-state index in [1.807, 2.05) is 6.20 Å². The van der Waals surface area contributed by atoms with E-state index in [2.05, 4.69) is 54.7 Å². The Kier molecular flexibility index (Phi) is 3.67. The number of aryl methyl sites for hydroxylation is 1. The van der Waals surface area contributed by atoms with Crippen LogP contribution < -0.4 is 4.90 Å². The molecule has 4 heteroatoms. The largest absolute Gasteiger partial charge is 0.355 e. The van der Waals surface area contributed by atoms with Crippen molar-refractivity contribution in [1.82, 2.24) is 4.98 Å². The van der Waals surface area contributed by atoms with Crippen LogP contribution in [-0.2, 0) is 0 Å². The van der Waals surface area contributed by atoms with Crippen LogP contribution >= 0.6 is 31.9 Å². The summed E-state index contributed by atoms with van der Waals surface area (Å²) in [5, 5.41) is 0. The van der Waals surface area contributed by atoms with Gasteiger partial charge >= 0.3 is 0 Å². The van der Waals surface area contributed by atoms with Crippen LogP contribution in [0.1, 0.15) is 18.4 Å². The second-order valence-electron chi connectivity index (χ2n) is 3.98. The first kappa shape index (κ1) is 11.4. The summed E-state index contributed by atoms with van der Waals surface area (Å²) >= 11 is 7.16. The number of nitrogens with zero attached hydrogens (tertiary/aromatic N) is 2. The molecule has 1 unspecified atom stereocenters. The van der Waals surface area contributed by atoms with E-state index in [1.165, 1.54) is 18.4 Å². The summed E-state index contributed by atoms with van der Waals surface area (Å²) in [6, 6.07) is 2.15. The second-order valence-corrected chi connectivity index (χ2v) is 6.13. The highest BCUT2D eigenvalue weighted by atomic mass is 79.9. The molecule has 1 aromatic heterocycles. The fourth-order valence-corrected chi connectivity index (χ4v) is 2.72. The van der Waals surface area contributed by atoms with Crippen LogP contribution in [0.5, 0.6) is 0 Å². The van der Waals surface area contributed by atoms with E-state index in [-0.39, 0.29) is 0 Å². The normalized spacial score (nSPS) is 21.8. The van der Waals surface area contributed by atoms with Crippen LogP contribution in [0.3, 0.4) is 0 Å². The van der Waals surface area contributed by atoms with Crippen molar-refractivity contribution in [1.29, 1.82) is 0 Å². The topological polar surface area (TPSA) is 16.1 Å². The van der Waals surface area contributed by atoms with Crippen molar-refractivity contribution in [3.63, 3.8) is 0 Å². The third-order valence-corrected chi connectivity index (χ3v) is 4.30. The Morgan fingerprint density at radius 2 is 2.33 bits per heavy atom. The molecule has 2 rings (SSSR count). The zero-order valence-corrected chi connectivity index (χ0v) is 11.9. The van der Waals surface area contributed by atoms with Crippen molar-refractivity contribution >= 4 is 37.7 Å². The van der Waals surface area contributed by atoms with Gasteiger partial charge in [0.25, 0.3) is 0 Å². The van der Waals surface area contributed by atoms with Gasteiger partial charge in [-0.15, -0.1) is 0 Å². The van der Waals surface area contributed by atoms with Crippen LogP contribution in [0.2, 0.25) is 0 Å². The van der Waals surface area contributed by atoms with E-state index in [0.29, 0.717) is 4.83 Å². The van der Waals surface area contributed by atoms with Crippen molar-refractivity contribution in [3.8, 4) is 0 Å². The number of pyridine rings is 1. The predicted molar refractivity (Wildman–Crippen MR) is 70.8 cm³/mol. The Bertz CT molecular complexity index is 354. The molecule has 1 aliphatic heterocycles. The number of hydrogen-bond donors (Lipinski definition) is 0. The monoisotopic (exact) mass is 332 g/mol. The molecule has 0 radical (unpaired) electrons. The predicted octanol–water partition coefficient (Wildman–Crippen LogP) is 3.52. The molecule has 0 amide bonds. The lowest BCUT2D eigenvalue weighted by molar-refractivity contribution is 0.591. The Morgan fingerprint density at radius 3 is 3.00 bits per heavy atom. The van der Waals surface area contributed by atoms with E-state index in [9.17, 15) is 0 Å². The third-order valence-electron chi connectivity index (χ3n) is 2.72. The number of aromatic nitrogens is 1. The van der Waals surface area contributed by atoms with Crippen LogP contribution in [0.4, 0.5) is 5.82 Å². The standard InChI is InChI=1S/C11H14Br2N2/c1-8-5-11(14-6-10(8)13)15-4-2-3-9(12)7-15/h5-6,9H,2-4,7H2,1H3. The average Bonchev–Trinajstić information content (AvgIpc) is 2.22. The first-order valence-electron chi connectivity index (χ1n) is 5.18. The molecule has 0 saturated carbocycles. The fourth-order valence-electron chi connectivity index (χ4n) is 1.83. The molecule has 82 valence electrons. The maximum atomic E-state index is 4.46. The van der Waals surface area contributed by atoms with Crippen LogP contribution in [0, 0.1) is 6.92 Å². The number of hydrogen-bond acceptors (Lipinski definition) is 2. The van der Waals surface area contributed by atoms with Gasteiger partial charge in [0.15, 0.2) is 0 Å². The maximum absolute atomic E-state index is 4.46. The van der Waals surface area contributed by atoms with Gasteiger partial charge in [-0.2, -0.15) is 0 Å². The lowest BCUT2D eigenvalue weighted by atomic mass is 10.1. The smallest absolute Gasteiger partial charge is 0.128 e. The SMILES string of the molecule is Cc1cc(N2CCCC(Br)C2)ncc1Br. The highest BCUT2D eigenvalue weighted by molar-refractivity contribution is 9.10. The van der Waals surface area contributed by atoms with Gasteiger partial charge in [0.05, 0.1) is 0 Å². The molecular weight excluding hydrogens is 320 g/mol. The minimum absolute atomic E-state index is 0.608. The second kappa shape index (κ2) is 4.83. The first-order valence-corrected chi connectivity index (χ1v) is 6.89. The first-order chi connectivity index (χ1) is 7.16. The summed E-state index contributed by atoms with van der Waals surface area (Å²) in [6.07, 6.45) is 4.40. The molecule has 1 aromatic rings. The van der Waals surface area contributed by atoms with Crippen molar-refractivity contribution in [2.75, 3.05) is 18.0 Å². The molecule has 15 heavy (non-hydrogen) atoms. The molecule has 2 heterocycles. The molecule has 0 bridgehead atoms. The molecule has 0 aliphatic carbocycles. The summed E-state index contributed by atoms with van der Waals surface area (Å²) in [6.45, 7) is 4.29. The Balaban J connectivity index is 2.18. The Hall–Kier alpha value is -0.0900. The minimum Gasteiger partial charge on any atom is -0.355 e. The van der Waals surface area contributed by atoms with E-state index in [0.717, 1.165) is 23.4 Å². The summed E-state index contributed by atoms with van der Waals surface area (Å²) in [5.41, 5.74) is 1.25. The third kappa shape index (κ3) is 2.72. The van der Waals surface area contributed by atoms with Gasteiger partial charge in [-0.3, -0.25) is 0 Å². The van der Waals surface area contributed by atoms with Crippen molar-refractivity contribution in [3.05, 3.63) is 22.3 Å². The highest BCUT2D eigenvalue weighted by Gasteiger charge is 2.18. The van der Waals surface area contributed by atoms with Crippen molar-refractivity contribution < 1.29 is 0 Å². The minimum atomic E-state index is 0.608. The number of piperidine rings is 1. The number of alkyl halides is 1. The molecule has 0 N–H and O–H groups in total. The summed E-state index contributed by atoms with van der Waals surface area (Å²) in [5.74, 6) is 1.10. The molecular formula is C11H14Br2N2. The molecule has 0 aromatic carbocycles. The average molecular weight is 334 g/mol. The lowest BCUT2D eigenvalue weighted by Crippen LogP contribution is -2.36. The Labute approximate surface area is 107 Å². The van der Waals surface area contributed by atoms with Crippen molar-refractivity contribution in [2.45, 2.75) is 24.6 Å². The summed E-state index contributed by atoms with van der Waals surface area (Å²) in [4.78, 5) is 7.41. The van der Waals surface area contributed by atoms with Gasteiger partial charge in [0.2, 0.25) is 0 Å². The number of anilines is 1. The van der Waals surface area contributed by atoms with E-state index >= 15 is 0 Å². The molecule has 0 spiro atoms. The summed E-state index contributed by atoms with van der Waals surface area (Å²) < 4.78 is 1.08. The zero-order valence-electron chi connectivity index (χ0n) is 8.71. The molecule has 2 nitrogen and oxygen atoms in total. The van der Waals surface area contributed by atoms with E-state index < -0.39 is 0 Å². The van der Waals surface area contributed by atoms with Gasteiger partial charge in [0.1, 0.15) is 5.82 Å². The zero-order chi connectivity index (χ0) is 10.8. The fraction of sp³-hybridized carbons (Fsp3) is 0.545. The maximum Gasteiger partial charge on any atom is 0.128 e. The van der Waals surface area contributed by atoms with Crippen LogP contribution in [0.25, 0.3) is 0 Å². The summed E-state index contributed by atoms with van der Waals surface area (Å²) in [7, 11) is 0. The van der Waals surface area contributed by atoms with Gasteiger partial charge < -0.3 is 4.90 Å². The van der Waals surface area contributed by atoms with Crippen LogP contribution in [-0.4, -0.2) is 22.9 Å². The van der Waals surface area contributed by atoms with Gasteiger partial charge in [-0.25, -0.2) is 4.98 Å². The number of rotatable bonds is 1. The van der Waals surface area contributed by atoms with E-state index in [4.69, 9.17) is 0 Å². The van der Waals surface area contributed by atoms with Crippen LogP contribution in [0.15, 0.2) is 16.7 Å². The van der Waals surface area contributed by atoms with E-state index in [1.54, 1.807) is 0 Å². The Morgan fingerprint density at radius 1 is 1.53 bits per heavy atom. The van der Waals surface area contributed by atoms with Gasteiger partial charge in [-0.1, -0.05) is 15.9 Å².